The molecule has 0 fully saturated rings. The van der Waals surface area contributed by atoms with Crippen molar-refractivity contribution in [3.63, 3.8) is 0 Å². The number of hydrogen-bond acceptors (Lipinski definition) is 5. The lowest BCUT2D eigenvalue weighted by atomic mass is 10.1. The molecular formula is C24H25N5O3. The van der Waals surface area contributed by atoms with Gasteiger partial charge in [-0.05, 0) is 36.4 Å². The number of rotatable bonds is 9. The number of H-pyrrole nitrogens is 1. The molecule has 0 aliphatic carbocycles. The van der Waals surface area contributed by atoms with Gasteiger partial charge in [-0.3, -0.25) is 19.8 Å². The number of hydroxylamine groups is 1. The number of pyridine rings is 1. The van der Waals surface area contributed by atoms with Gasteiger partial charge < -0.3 is 10.3 Å². The highest BCUT2D eigenvalue weighted by Gasteiger charge is 2.20. The fourth-order valence-electron chi connectivity index (χ4n) is 3.81. The van der Waals surface area contributed by atoms with Gasteiger partial charge in [0.25, 0.3) is 5.91 Å². The van der Waals surface area contributed by atoms with Gasteiger partial charge in [-0.1, -0.05) is 43.2 Å². The topological polar surface area (TPSA) is 120 Å². The minimum atomic E-state index is -0.393. The Morgan fingerprint density at radius 3 is 2.72 bits per heavy atom. The van der Waals surface area contributed by atoms with Gasteiger partial charge in [0.05, 0.1) is 22.6 Å². The number of aromatic amines is 1. The summed E-state index contributed by atoms with van der Waals surface area (Å²) in [5.41, 5.74) is 3.92. The van der Waals surface area contributed by atoms with E-state index in [0.29, 0.717) is 24.2 Å². The smallest absolute Gasteiger partial charge is 0.253 e. The molecule has 4 rings (SSSR count). The third-order valence-electron chi connectivity index (χ3n) is 5.48. The van der Waals surface area contributed by atoms with Crippen molar-refractivity contribution in [3.05, 3.63) is 72.3 Å². The van der Waals surface area contributed by atoms with Crippen LogP contribution in [0.25, 0.3) is 21.8 Å². The summed E-state index contributed by atoms with van der Waals surface area (Å²) in [4.78, 5) is 36.2. The van der Waals surface area contributed by atoms with Crippen molar-refractivity contribution < 1.29 is 14.8 Å². The van der Waals surface area contributed by atoms with Crippen LogP contribution < -0.4 is 10.8 Å². The van der Waals surface area contributed by atoms with Crippen molar-refractivity contribution in [1.82, 2.24) is 25.7 Å². The number of imidazole rings is 1. The van der Waals surface area contributed by atoms with Gasteiger partial charge >= 0.3 is 0 Å². The first-order chi connectivity index (χ1) is 15.7. The third kappa shape index (κ3) is 4.92. The normalized spacial score (nSPS) is 12.0. The predicted molar refractivity (Wildman–Crippen MR) is 121 cm³/mol. The number of nitrogens with zero attached hydrogens (tertiary/aromatic N) is 2. The van der Waals surface area contributed by atoms with Gasteiger partial charge in [-0.2, -0.15) is 0 Å². The summed E-state index contributed by atoms with van der Waals surface area (Å²) in [5, 5.41) is 13.9. The summed E-state index contributed by atoms with van der Waals surface area (Å²) in [6.07, 6.45) is 6.31. The van der Waals surface area contributed by atoms with Crippen molar-refractivity contribution in [3.8, 4) is 0 Å². The number of hydrogen-bond donors (Lipinski definition) is 4. The molecule has 2 aromatic carbocycles. The molecule has 0 saturated heterocycles. The van der Waals surface area contributed by atoms with E-state index in [9.17, 15) is 9.59 Å². The zero-order chi connectivity index (χ0) is 22.3. The average Bonchev–Trinajstić information content (AvgIpc) is 3.28. The molecule has 2 aromatic heterocycles. The molecule has 0 unspecified atom stereocenters. The molecule has 164 valence electrons. The van der Waals surface area contributed by atoms with E-state index in [1.165, 1.54) is 6.20 Å². The van der Waals surface area contributed by atoms with Crippen LogP contribution in [0.5, 0.6) is 0 Å². The molecule has 8 heteroatoms. The molecule has 2 heterocycles. The number of benzene rings is 2. The number of amides is 2. The molecular weight excluding hydrogens is 406 g/mol. The van der Waals surface area contributed by atoms with Crippen LogP contribution in [0, 0.1) is 0 Å². The Morgan fingerprint density at radius 1 is 1.03 bits per heavy atom. The van der Waals surface area contributed by atoms with E-state index in [1.807, 2.05) is 30.3 Å². The van der Waals surface area contributed by atoms with Gasteiger partial charge in [0.1, 0.15) is 5.82 Å². The number of nitrogens with one attached hydrogen (secondary N) is 3. The molecule has 0 spiro atoms. The lowest BCUT2D eigenvalue weighted by Crippen LogP contribution is -2.29. The van der Waals surface area contributed by atoms with Gasteiger partial charge in [-0.15, -0.1) is 0 Å². The number of fused-ring (bicyclic) bond motifs is 3. The minimum Gasteiger partial charge on any atom is -0.342 e. The molecule has 8 nitrogen and oxygen atoms in total. The Hall–Kier alpha value is -3.78. The summed E-state index contributed by atoms with van der Waals surface area (Å²) in [6.45, 7) is 0. The Kier molecular flexibility index (Phi) is 6.72. The van der Waals surface area contributed by atoms with Gasteiger partial charge in [0.2, 0.25) is 5.91 Å². The molecule has 2 amide bonds. The van der Waals surface area contributed by atoms with Crippen molar-refractivity contribution in [2.45, 2.75) is 38.1 Å². The number of carbonyl (C=O) groups excluding carboxylic acids is 2. The number of aromatic nitrogens is 3. The highest BCUT2D eigenvalue weighted by atomic mass is 16.5. The molecule has 1 atom stereocenters. The maximum absolute atomic E-state index is 12.8. The SMILES string of the molecule is O=C(CCCCC[C@H](NC(=O)c1cccnc1)c1nc2c(ccc3ccccc32)[nH]1)NO. The Morgan fingerprint density at radius 2 is 1.91 bits per heavy atom. The van der Waals surface area contributed by atoms with E-state index in [0.717, 1.165) is 34.6 Å². The quantitative estimate of drug-likeness (QED) is 0.181. The van der Waals surface area contributed by atoms with Crippen LogP contribution in [-0.2, 0) is 4.79 Å². The van der Waals surface area contributed by atoms with Crippen LogP contribution in [-0.4, -0.2) is 32.0 Å². The second-order valence-electron chi connectivity index (χ2n) is 7.71. The fraction of sp³-hybridized carbons (Fsp3) is 0.250. The largest absolute Gasteiger partial charge is 0.342 e. The summed E-state index contributed by atoms with van der Waals surface area (Å²) < 4.78 is 0. The van der Waals surface area contributed by atoms with Crippen LogP contribution in [0.2, 0.25) is 0 Å². The zero-order valence-electron chi connectivity index (χ0n) is 17.5. The van der Waals surface area contributed by atoms with E-state index in [-0.39, 0.29) is 18.4 Å². The first-order valence-electron chi connectivity index (χ1n) is 10.7. The summed E-state index contributed by atoms with van der Waals surface area (Å²) in [6, 6.07) is 15.3. The van der Waals surface area contributed by atoms with E-state index in [1.54, 1.807) is 23.8 Å². The lowest BCUT2D eigenvalue weighted by Gasteiger charge is -2.16. The van der Waals surface area contributed by atoms with E-state index in [2.05, 4.69) is 21.4 Å². The molecule has 0 aliphatic heterocycles. The van der Waals surface area contributed by atoms with Crippen molar-refractivity contribution in [2.24, 2.45) is 0 Å². The second kappa shape index (κ2) is 10.0. The highest BCUT2D eigenvalue weighted by Crippen LogP contribution is 2.27. The highest BCUT2D eigenvalue weighted by molar-refractivity contribution is 6.04. The standard InChI is InChI=1S/C24H25N5O3/c30-21(29-32)11-3-1-2-10-20(27-24(31)17-8-6-14-25-15-17)23-26-19-13-12-16-7-4-5-9-18(16)22(19)28-23/h4-9,12-15,20,32H,1-3,10-11H2,(H,26,28)(H,27,31)(H,29,30)/t20-/m0/s1. The van der Waals surface area contributed by atoms with Gasteiger partial charge in [0, 0.05) is 24.2 Å². The van der Waals surface area contributed by atoms with Crippen molar-refractivity contribution in [2.75, 3.05) is 0 Å². The molecule has 4 N–H and O–H groups in total. The summed E-state index contributed by atoms with van der Waals surface area (Å²) in [7, 11) is 0. The maximum Gasteiger partial charge on any atom is 0.253 e. The van der Waals surface area contributed by atoms with Crippen molar-refractivity contribution in [1.29, 1.82) is 0 Å². The number of unbranched alkanes of at least 4 members (excludes halogenated alkanes) is 2. The molecule has 0 saturated carbocycles. The number of carbonyl (C=O) groups is 2. The Balaban J connectivity index is 1.55. The monoisotopic (exact) mass is 431 g/mol. The maximum atomic E-state index is 12.8. The predicted octanol–water partition coefficient (Wildman–Crippen LogP) is 4.04. The first kappa shape index (κ1) is 21.5. The van der Waals surface area contributed by atoms with E-state index in [4.69, 9.17) is 10.2 Å². The zero-order valence-corrected chi connectivity index (χ0v) is 17.5. The first-order valence-corrected chi connectivity index (χ1v) is 10.7. The summed E-state index contributed by atoms with van der Waals surface area (Å²) >= 11 is 0. The Bertz CT molecular complexity index is 1220. The molecule has 0 aliphatic rings. The van der Waals surface area contributed by atoms with Crippen molar-refractivity contribution >= 4 is 33.6 Å². The minimum absolute atomic E-state index is 0.215. The summed E-state index contributed by atoms with van der Waals surface area (Å²) in [5.74, 6) is 0.0883. The van der Waals surface area contributed by atoms with Crippen LogP contribution in [0.1, 0.15) is 54.3 Å². The molecule has 0 radical (unpaired) electrons. The average molecular weight is 431 g/mol. The Labute approximate surface area is 185 Å². The molecule has 4 aromatic rings. The fourth-order valence-corrected chi connectivity index (χ4v) is 3.81. The lowest BCUT2D eigenvalue weighted by molar-refractivity contribution is -0.129. The van der Waals surface area contributed by atoms with Crippen LogP contribution in [0.15, 0.2) is 60.9 Å². The van der Waals surface area contributed by atoms with Crippen LogP contribution in [0.4, 0.5) is 0 Å². The molecule has 32 heavy (non-hydrogen) atoms. The second-order valence-corrected chi connectivity index (χ2v) is 7.71. The van der Waals surface area contributed by atoms with E-state index < -0.39 is 5.91 Å². The third-order valence-corrected chi connectivity index (χ3v) is 5.48. The van der Waals surface area contributed by atoms with Crippen LogP contribution >= 0.6 is 0 Å². The van der Waals surface area contributed by atoms with E-state index >= 15 is 0 Å². The van der Waals surface area contributed by atoms with Crippen LogP contribution in [0.3, 0.4) is 0 Å². The van der Waals surface area contributed by atoms with Gasteiger partial charge in [0.15, 0.2) is 0 Å². The van der Waals surface area contributed by atoms with Gasteiger partial charge in [-0.25, -0.2) is 10.5 Å². The molecule has 0 bridgehead atoms.